The fraction of sp³-hybridized carbons (Fsp3) is 0.462. The minimum Gasteiger partial charge on any atom is -0.372 e. The number of ether oxygens (including phenoxy) is 1. The Balaban J connectivity index is 2.63. The Morgan fingerprint density at radius 1 is 1.35 bits per heavy atom. The van der Waals surface area contributed by atoms with Gasteiger partial charge in [-0.3, -0.25) is 4.79 Å². The molecule has 4 nitrogen and oxygen atoms in total. The maximum absolute atomic E-state index is 11.6. The van der Waals surface area contributed by atoms with Crippen molar-refractivity contribution in [1.82, 2.24) is 5.32 Å². The van der Waals surface area contributed by atoms with Crippen molar-refractivity contribution in [3.05, 3.63) is 35.4 Å². The van der Waals surface area contributed by atoms with Gasteiger partial charge in [0.25, 0.3) is 0 Å². The van der Waals surface area contributed by atoms with Crippen LogP contribution in [0.25, 0.3) is 0 Å². The van der Waals surface area contributed by atoms with Crippen LogP contribution in [-0.4, -0.2) is 19.1 Å². The second-order valence-electron chi connectivity index (χ2n) is 4.05. The average molecular weight is 236 g/mol. The lowest BCUT2D eigenvalue weighted by molar-refractivity contribution is -0.130. The number of benzene rings is 1. The van der Waals surface area contributed by atoms with Crippen molar-refractivity contribution in [3.8, 4) is 0 Å². The first-order valence-electron chi connectivity index (χ1n) is 5.70. The Kier molecular flexibility index (Phi) is 5.12. The van der Waals surface area contributed by atoms with Crippen LogP contribution in [0, 0.1) is 0 Å². The molecule has 17 heavy (non-hydrogen) atoms. The van der Waals surface area contributed by atoms with E-state index in [1.165, 1.54) is 7.11 Å². The molecule has 94 valence electrons. The Morgan fingerprint density at radius 2 is 1.94 bits per heavy atom. The third-order valence-corrected chi connectivity index (χ3v) is 2.80. The van der Waals surface area contributed by atoms with Crippen molar-refractivity contribution in [3.63, 3.8) is 0 Å². The van der Waals surface area contributed by atoms with Gasteiger partial charge in [-0.25, -0.2) is 0 Å². The summed E-state index contributed by atoms with van der Waals surface area (Å²) in [5, 5.41) is 2.89. The third kappa shape index (κ3) is 3.84. The first kappa shape index (κ1) is 13.7. The van der Waals surface area contributed by atoms with Crippen LogP contribution in [-0.2, 0) is 16.1 Å². The maximum atomic E-state index is 11.6. The highest BCUT2D eigenvalue weighted by molar-refractivity contribution is 5.80. The molecule has 0 bridgehead atoms. The molecule has 0 spiro atoms. The number of nitrogens with two attached hydrogens (primary N) is 1. The van der Waals surface area contributed by atoms with Crippen LogP contribution in [0.3, 0.4) is 0 Å². The quantitative estimate of drug-likeness (QED) is 0.811. The maximum Gasteiger partial charge on any atom is 0.249 e. The van der Waals surface area contributed by atoms with Crippen LogP contribution >= 0.6 is 0 Å². The second kappa shape index (κ2) is 6.37. The van der Waals surface area contributed by atoms with E-state index in [0.29, 0.717) is 6.54 Å². The molecule has 0 aliphatic rings. The van der Waals surface area contributed by atoms with Crippen LogP contribution in [0.1, 0.15) is 31.0 Å². The van der Waals surface area contributed by atoms with E-state index in [0.717, 1.165) is 11.1 Å². The summed E-state index contributed by atoms with van der Waals surface area (Å²) >= 11 is 0. The molecule has 1 aromatic rings. The zero-order valence-corrected chi connectivity index (χ0v) is 10.6. The fourth-order valence-electron chi connectivity index (χ4n) is 1.46. The van der Waals surface area contributed by atoms with Gasteiger partial charge < -0.3 is 15.8 Å². The van der Waals surface area contributed by atoms with Crippen LogP contribution in [0.2, 0.25) is 0 Å². The summed E-state index contributed by atoms with van der Waals surface area (Å²) in [4.78, 5) is 11.6. The van der Waals surface area contributed by atoms with Gasteiger partial charge in [-0.05, 0) is 25.0 Å². The minimum absolute atomic E-state index is 0.0353. The molecule has 1 rings (SSSR count). The Morgan fingerprint density at radius 3 is 2.41 bits per heavy atom. The van der Waals surface area contributed by atoms with E-state index in [1.54, 1.807) is 6.92 Å². The van der Waals surface area contributed by atoms with Gasteiger partial charge in [0.2, 0.25) is 5.91 Å². The van der Waals surface area contributed by atoms with Gasteiger partial charge in [-0.2, -0.15) is 0 Å². The van der Waals surface area contributed by atoms with Crippen molar-refractivity contribution in [2.24, 2.45) is 5.73 Å². The molecule has 0 aromatic heterocycles. The van der Waals surface area contributed by atoms with Gasteiger partial charge in [-0.1, -0.05) is 24.3 Å². The van der Waals surface area contributed by atoms with Crippen molar-refractivity contribution in [2.45, 2.75) is 32.5 Å². The Bertz CT molecular complexity index is 362. The SMILES string of the molecule is COC(C)C(=O)NC(C)c1ccc(CN)cc1. The molecule has 0 saturated carbocycles. The van der Waals surface area contributed by atoms with Gasteiger partial charge in [0.05, 0.1) is 6.04 Å². The van der Waals surface area contributed by atoms with Gasteiger partial charge in [0, 0.05) is 13.7 Å². The molecule has 1 amide bonds. The lowest BCUT2D eigenvalue weighted by Crippen LogP contribution is -2.35. The number of carbonyl (C=O) groups is 1. The predicted molar refractivity (Wildman–Crippen MR) is 67.4 cm³/mol. The largest absolute Gasteiger partial charge is 0.372 e. The predicted octanol–water partition coefficient (Wildman–Crippen LogP) is 1.36. The molecular weight excluding hydrogens is 216 g/mol. The second-order valence-corrected chi connectivity index (χ2v) is 4.05. The molecule has 0 fully saturated rings. The summed E-state index contributed by atoms with van der Waals surface area (Å²) in [5.74, 6) is -0.108. The van der Waals surface area contributed by atoms with E-state index >= 15 is 0 Å². The van der Waals surface area contributed by atoms with Crippen molar-refractivity contribution in [2.75, 3.05) is 7.11 Å². The highest BCUT2D eigenvalue weighted by Gasteiger charge is 2.14. The van der Waals surface area contributed by atoms with E-state index < -0.39 is 6.10 Å². The number of hydrogen-bond donors (Lipinski definition) is 2. The zero-order chi connectivity index (χ0) is 12.8. The third-order valence-electron chi connectivity index (χ3n) is 2.80. The van der Waals surface area contributed by atoms with Gasteiger partial charge in [0.15, 0.2) is 0 Å². The molecule has 0 aliphatic heterocycles. The molecule has 0 heterocycles. The Hall–Kier alpha value is -1.39. The van der Waals surface area contributed by atoms with Crippen molar-refractivity contribution in [1.29, 1.82) is 0 Å². The lowest BCUT2D eigenvalue weighted by atomic mass is 10.1. The summed E-state index contributed by atoms with van der Waals surface area (Å²) < 4.78 is 4.96. The normalized spacial score (nSPS) is 14.1. The van der Waals surface area contributed by atoms with Gasteiger partial charge >= 0.3 is 0 Å². The monoisotopic (exact) mass is 236 g/mol. The fourth-order valence-corrected chi connectivity index (χ4v) is 1.46. The van der Waals surface area contributed by atoms with Crippen LogP contribution in [0.4, 0.5) is 0 Å². The van der Waals surface area contributed by atoms with Crippen molar-refractivity contribution >= 4 is 5.91 Å². The molecule has 1 aromatic carbocycles. The number of methoxy groups -OCH3 is 1. The van der Waals surface area contributed by atoms with E-state index in [1.807, 2.05) is 31.2 Å². The van der Waals surface area contributed by atoms with Crippen molar-refractivity contribution < 1.29 is 9.53 Å². The number of carbonyl (C=O) groups excluding carboxylic acids is 1. The number of rotatable bonds is 5. The van der Waals surface area contributed by atoms with Crippen LogP contribution in [0.5, 0.6) is 0 Å². The summed E-state index contributed by atoms with van der Waals surface area (Å²) in [6, 6.07) is 7.86. The molecule has 0 saturated heterocycles. The smallest absolute Gasteiger partial charge is 0.249 e. The molecule has 0 aliphatic carbocycles. The molecule has 4 heteroatoms. The molecule has 0 radical (unpaired) electrons. The van der Waals surface area contributed by atoms with Gasteiger partial charge in [-0.15, -0.1) is 0 Å². The molecule has 2 unspecified atom stereocenters. The number of nitrogens with one attached hydrogen (secondary N) is 1. The number of amides is 1. The molecule has 2 atom stereocenters. The van der Waals surface area contributed by atoms with Gasteiger partial charge in [0.1, 0.15) is 6.10 Å². The summed E-state index contributed by atoms with van der Waals surface area (Å²) in [7, 11) is 1.52. The van der Waals surface area contributed by atoms with Crippen LogP contribution < -0.4 is 11.1 Å². The minimum atomic E-state index is -0.430. The van der Waals surface area contributed by atoms with Crippen LogP contribution in [0.15, 0.2) is 24.3 Å². The van der Waals surface area contributed by atoms with E-state index in [4.69, 9.17) is 10.5 Å². The van der Waals surface area contributed by atoms with E-state index in [2.05, 4.69) is 5.32 Å². The standard InChI is InChI=1S/C13H20N2O2/c1-9(15-13(16)10(2)17-3)12-6-4-11(8-14)5-7-12/h4-7,9-10H,8,14H2,1-3H3,(H,15,16). The van der Waals surface area contributed by atoms with E-state index in [-0.39, 0.29) is 11.9 Å². The summed E-state index contributed by atoms with van der Waals surface area (Å²) in [5.41, 5.74) is 7.66. The molecular formula is C13H20N2O2. The molecule has 3 N–H and O–H groups in total. The topological polar surface area (TPSA) is 64.3 Å². The highest BCUT2D eigenvalue weighted by Crippen LogP contribution is 2.13. The summed E-state index contributed by atoms with van der Waals surface area (Å²) in [6.07, 6.45) is -0.430. The number of hydrogen-bond acceptors (Lipinski definition) is 3. The average Bonchev–Trinajstić information content (AvgIpc) is 2.37. The first-order chi connectivity index (χ1) is 8.08. The zero-order valence-electron chi connectivity index (χ0n) is 10.6. The summed E-state index contributed by atoms with van der Waals surface area (Å²) in [6.45, 7) is 4.19. The lowest BCUT2D eigenvalue weighted by Gasteiger charge is -2.17. The first-order valence-corrected chi connectivity index (χ1v) is 5.70. The Labute approximate surface area is 102 Å². The van der Waals surface area contributed by atoms with E-state index in [9.17, 15) is 4.79 Å². The highest BCUT2D eigenvalue weighted by atomic mass is 16.5.